The standard InChI is InChI=1S/C17H17ClN2O3/c1-22-15-9-13(14(18)10-16(15)23-2)11-19-20-17(21)8-12-6-4-3-5-7-12/h3-7,9-11H,8H2,1-2H3,(H,20,21)/b19-11-. The minimum absolute atomic E-state index is 0.205. The Hall–Kier alpha value is -2.53. The number of halogens is 1. The normalized spacial score (nSPS) is 10.6. The minimum atomic E-state index is -0.205. The molecular weight excluding hydrogens is 316 g/mol. The molecule has 1 N–H and O–H groups in total. The lowest BCUT2D eigenvalue weighted by atomic mass is 10.1. The van der Waals surface area contributed by atoms with Gasteiger partial charge in [-0.05, 0) is 11.6 Å². The van der Waals surface area contributed by atoms with E-state index >= 15 is 0 Å². The Morgan fingerprint density at radius 2 is 1.83 bits per heavy atom. The Labute approximate surface area is 139 Å². The summed E-state index contributed by atoms with van der Waals surface area (Å²) in [5, 5.41) is 4.37. The summed E-state index contributed by atoms with van der Waals surface area (Å²) >= 11 is 6.14. The number of ether oxygens (including phenoxy) is 2. The molecule has 2 aromatic carbocycles. The number of hydrogen-bond donors (Lipinski definition) is 1. The maximum atomic E-state index is 11.8. The van der Waals surface area contributed by atoms with Gasteiger partial charge in [0.25, 0.3) is 0 Å². The highest BCUT2D eigenvalue weighted by molar-refractivity contribution is 6.33. The summed E-state index contributed by atoms with van der Waals surface area (Å²) in [5.41, 5.74) is 4.01. The van der Waals surface area contributed by atoms with Crippen LogP contribution in [-0.4, -0.2) is 26.3 Å². The number of amides is 1. The van der Waals surface area contributed by atoms with E-state index < -0.39 is 0 Å². The fourth-order valence-electron chi connectivity index (χ4n) is 1.96. The van der Waals surface area contributed by atoms with Crippen molar-refractivity contribution in [3.05, 3.63) is 58.6 Å². The number of nitrogens with zero attached hydrogens (tertiary/aromatic N) is 1. The van der Waals surface area contributed by atoms with Crippen LogP contribution in [0.1, 0.15) is 11.1 Å². The van der Waals surface area contributed by atoms with E-state index in [-0.39, 0.29) is 12.3 Å². The van der Waals surface area contributed by atoms with E-state index in [4.69, 9.17) is 21.1 Å². The number of methoxy groups -OCH3 is 2. The predicted octanol–water partition coefficient (Wildman–Crippen LogP) is 3.05. The molecule has 0 heterocycles. The third kappa shape index (κ3) is 4.72. The van der Waals surface area contributed by atoms with Crippen LogP contribution in [0.15, 0.2) is 47.6 Å². The molecule has 0 saturated heterocycles. The van der Waals surface area contributed by atoms with Crippen LogP contribution < -0.4 is 14.9 Å². The molecule has 0 unspecified atom stereocenters. The Morgan fingerprint density at radius 1 is 1.17 bits per heavy atom. The van der Waals surface area contributed by atoms with Gasteiger partial charge in [-0.1, -0.05) is 41.9 Å². The van der Waals surface area contributed by atoms with Crippen LogP contribution in [0.4, 0.5) is 0 Å². The van der Waals surface area contributed by atoms with Crippen LogP contribution in [-0.2, 0) is 11.2 Å². The van der Waals surface area contributed by atoms with Crippen LogP contribution in [0, 0.1) is 0 Å². The third-order valence-corrected chi connectivity index (χ3v) is 3.43. The number of rotatable bonds is 6. The lowest BCUT2D eigenvalue weighted by Crippen LogP contribution is -2.19. The van der Waals surface area contributed by atoms with E-state index in [0.717, 1.165) is 5.56 Å². The van der Waals surface area contributed by atoms with Crippen molar-refractivity contribution in [2.24, 2.45) is 5.10 Å². The number of nitrogens with one attached hydrogen (secondary N) is 1. The molecular formula is C17H17ClN2O3. The molecule has 0 aliphatic heterocycles. The molecule has 0 fully saturated rings. The first-order valence-electron chi connectivity index (χ1n) is 6.91. The Kier molecular flexibility index (Phi) is 6.00. The molecule has 0 bridgehead atoms. The SMILES string of the molecule is COc1cc(Cl)c(/C=N\NC(=O)Cc2ccccc2)cc1OC. The summed E-state index contributed by atoms with van der Waals surface area (Å²) in [7, 11) is 3.07. The van der Waals surface area contributed by atoms with Gasteiger partial charge >= 0.3 is 0 Å². The number of carbonyl (C=O) groups excluding carboxylic acids is 1. The molecule has 0 aliphatic rings. The molecule has 120 valence electrons. The largest absolute Gasteiger partial charge is 0.493 e. The van der Waals surface area contributed by atoms with E-state index in [1.165, 1.54) is 20.4 Å². The van der Waals surface area contributed by atoms with Crippen LogP contribution in [0.5, 0.6) is 11.5 Å². The summed E-state index contributed by atoms with van der Waals surface area (Å²) in [6.45, 7) is 0. The van der Waals surface area contributed by atoms with Crippen LogP contribution >= 0.6 is 11.6 Å². The second kappa shape index (κ2) is 8.19. The number of benzene rings is 2. The second-order valence-electron chi connectivity index (χ2n) is 4.68. The van der Waals surface area contributed by atoms with Crippen molar-refractivity contribution in [1.82, 2.24) is 5.43 Å². The average Bonchev–Trinajstić information content (AvgIpc) is 2.56. The first-order chi connectivity index (χ1) is 11.1. The van der Waals surface area contributed by atoms with Crippen molar-refractivity contribution in [3.8, 4) is 11.5 Å². The highest BCUT2D eigenvalue weighted by Crippen LogP contribution is 2.32. The van der Waals surface area contributed by atoms with Gasteiger partial charge in [-0.25, -0.2) is 5.43 Å². The van der Waals surface area contributed by atoms with Gasteiger partial charge in [-0.3, -0.25) is 4.79 Å². The van der Waals surface area contributed by atoms with Crippen molar-refractivity contribution in [2.75, 3.05) is 14.2 Å². The van der Waals surface area contributed by atoms with Crippen LogP contribution in [0.3, 0.4) is 0 Å². The first-order valence-corrected chi connectivity index (χ1v) is 7.29. The predicted molar refractivity (Wildman–Crippen MR) is 90.4 cm³/mol. The molecule has 1 amide bonds. The minimum Gasteiger partial charge on any atom is -0.493 e. The molecule has 2 aromatic rings. The molecule has 6 heteroatoms. The molecule has 5 nitrogen and oxygen atoms in total. The van der Waals surface area contributed by atoms with Gasteiger partial charge in [0.05, 0.1) is 31.9 Å². The molecule has 0 saturated carbocycles. The first kappa shape index (κ1) is 16.8. The van der Waals surface area contributed by atoms with Gasteiger partial charge in [-0.2, -0.15) is 5.10 Å². The quantitative estimate of drug-likeness (QED) is 0.653. The zero-order chi connectivity index (χ0) is 16.7. The fourth-order valence-corrected chi connectivity index (χ4v) is 2.17. The van der Waals surface area contributed by atoms with Crippen molar-refractivity contribution in [3.63, 3.8) is 0 Å². The van der Waals surface area contributed by atoms with E-state index in [1.807, 2.05) is 30.3 Å². The fraction of sp³-hybridized carbons (Fsp3) is 0.176. The highest BCUT2D eigenvalue weighted by Gasteiger charge is 2.08. The average molecular weight is 333 g/mol. The van der Waals surface area contributed by atoms with Gasteiger partial charge in [0.15, 0.2) is 11.5 Å². The maximum Gasteiger partial charge on any atom is 0.244 e. The van der Waals surface area contributed by atoms with E-state index in [9.17, 15) is 4.79 Å². The van der Waals surface area contributed by atoms with Crippen LogP contribution in [0.25, 0.3) is 0 Å². The van der Waals surface area contributed by atoms with E-state index in [1.54, 1.807) is 12.1 Å². The van der Waals surface area contributed by atoms with Gasteiger partial charge in [0.2, 0.25) is 5.91 Å². The summed E-state index contributed by atoms with van der Waals surface area (Å²) in [6, 6.07) is 12.8. The number of carbonyl (C=O) groups is 1. The highest BCUT2D eigenvalue weighted by atomic mass is 35.5. The van der Waals surface area contributed by atoms with Crippen LogP contribution in [0.2, 0.25) is 5.02 Å². The molecule has 23 heavy (non-hydrogen) atoms. The monoisotopic (exact) mass is 332 g/mol. The Bertz CT molecular complexity index is 702. The molecule has 0 aromatic heterocycles. The lowest BCUT2D eigenvalue weighted by Gasteiger charge is -2.09. The zero-order valence-corrected chi connectivity index (χ0v) is 13.6. The molecule has 0 radical (unpaired) electrons. The summed E-state index contributed by atoms with van der Waals surface area (Å²) in [6.07, 6.45) is 1.73. The van der Waals surface area contributed by atoms with Crippen molar-refractivity contribution >= 4 is 23.7 Å². The van der Waals surface area contributed by atoms with Crippen molar-refractivity contribution in [1.29, 1.82) is 0 Å². The van der Waals surface area contributed by atoms with E-state index in [2.05, 4.69) is 10.5 Å². The smallest absolute Gasteiger partial charge is 0.244 e. The van der Waals surface area contributed by atoms with Gasteiger partial charge in [0.1, 0.15) is 0 Å². The Balaban J connectivity index is 2.01. The molecule has 0 aliphatic carbocycles. The number of hydrogen-bond acceptors (Lipinski definition) is 4. The Morgan fingerprint density at radius 3 is 2.48 bits per heavy atom. The second-order valence-corrected chi connectivity index (χ2v) is 5.09. The number of hydrazone groups is 1. The molecule has 2 rings (SSSR count). The summed E-state index contributed by atoms with van der Waals surface area (Å²) < 4.78 is 10.4. The topological polar surface area (TPSA) is 59.9 Å². The van der Waals surface area contributed by atoms with Crippen molar-refractivity contribution < 1.29 is 14.3 Å². The third-order valence-electron chi connectivity index (χ3n) is 3.10. The summed E-state index contributed by atoms with van der Waals surface area (Å²) in [4.78, 5) is 11.8. The van der Waals surface area contributed by atoms with E-state index in [0.29, 0.717) is 22.1 Å². The lowest BCUT2D eigenvalue weighted by molar-refractivity contribution is -0.120. The molecule has 0 spiro atoms. The van der Waals surface area contributed by atoms with Gasteiger partial charge < -0.3 is 9.47 Å². The zero-order valence-electron chi connectivity index (χ0n) is 12.9. The summed E-state index contributed by atoms with van der Waals surface area (Å²) in [5.74, 6) is 0.862. The molecule has 0 atom stereocenters. The maximum absolute atomic E-state index is 11.8. The van der Waals surface area contributed by atoms with Gasteiger partial charge in [0, 0.05) is 11.6 Å². The van der Waals surface area contributed by atoms with Gasteiger partial charge in [-0.15, -0.1) is 0 Å². The van der Waals surface area contributed by atoms with Crippen molar-refractivity contribution in [2.45, 2.75) is 6.42 Å².